The Labute approximate surface area is 212 Å². The molecule has 1 aliphatic rings. The summed E-state index contributed by atoms with van der Waals surface area (Å²) in [6, 6.07) is 15.9. The van der Waals surface area contributed by atoms with E-state index < -0.39 is 18.0 Å². The van der Waals surface area contributed by atoms with Gasteiger partial charge in [0.25, 0.3) is 0 Å². The maximum atomic E-state index is 13.0. The fraction of sp³-hybridized carbons (Fsp3) is 0.444. The molecule has 35 heavy (non-hydrogen) atoms. The highest BCUT2D eigenvalue weighted by molar-refractivity contribution is 7.80. The van der Waals surface area contributed by atoms with E-state index in [0.717, 1.165) is 48.3 Å². The van der Waals surface area contributed by atoms with Crippen LogP contribution in [0.1, 0.15) is 49.7 Å². The van der Waals surface area contributed by atoms with Gasteiger partial charge in [0.2, 0.25) is 11.8 Å². The molecule has 0 aliphatic carbocycles. The summed E-state index contributed by atoms with van der Waals surface area (Å²) in [5.41, 5.74) is 1.97. The summed E-state index contributed by atoms with van der Waals surface area (Å²) in [6.45, 7) is 1.39. The van der Waals surface area contributed by atoms with E-state index in [0.29, 0.717) is 32.5 Å². The molecule has 2 aromatic carbocycles. The fourth-order valence-corrected chi connectivity index (χ4v) is 4.19. The van der Waals surface area contributed by atoms with Crippen molar-refractivity contribution in [2.75, 3.05) is 12.3 Å². The molecule has 0 aromatic heterocycles. The van der Waals surface area contributed by atoms with E-state index >= 15 is 0 Å². The Hall–Kier alpha value is -2.84. The second kappa shape index (κ2) is 14.5. The zero-order valence-electron chi connectivity index (χ0n) is 20.0. The van der Waals surface area contributed by atoms with Gasteiger partial charge in [0, 0.05) is 13.0 Å². The molecule has 0 spiro atoms. The summed E-state index contributed by atoms with van der Waals surface area (Å²) >= 11 is 4.23. The average Bonchev–Trinajstić information content (AvgIpc) is 2.89. The van der Waals surface area contributed by atoms with Crippen LogP contribution in [0.15, 0.2) is 54.6 Å². The minimum absolute atomic E-state index is 0.129. The molecular weight excluding hydrogens is 462 g/mol. The molecule has 2 amide bonds. The fourth-order valence-electron chi connectivity index (χ4n) is 3.97. The smallest absolute Gasteiger partial charge is 0.245 e. The topological polar surface area (TPSA) is 96.5 Å². The zero-order chi connectivity index (χ0) is 24.9. The van der Waals surface area contributed by atoms with Crippen LogP contribution >= 0.6 is 12.6 Å². The third-order valence-corrected chi connectivity index (χ3v) is 6.25. The van der Waals surface area contributed by atoms with Crippen molar-refractivity contribution < 1.29 is 19.1 Å². The third-order valence-electron chi connectivity index (χ3n) is 5.93. The molecule has 1 aliphatic heterocycles. The first-order valence-electron chi connectivity index (χ1n) is 12.3. The van der Waals surface area contributed by atoms with Crippen LogP contribution in [0.4, 0.5) is 0 Å². The molecule has 3 N–H and O–H groups in total. The normalized spacial score (nSPS) is 16.4. The molecule has 2 atom stereocenters. The van der Waals surface area contributed by atoms with Gasteiger partial charge in [-0.3, -0.25) is 19.7 Å². The minimum atomic E-state index is -0.880. The number of thiol groups is 1. The summed E-state index contributed by atoms with van der Waals surface area (Å²) in [5.74, 6) is 0.685. The van der Waals surface area contributed by atoms with E-state index in [-0.39, 0.29) is 11.7 Å². The molecular formula is C27H35N3O4S. The Morgan fingerprint density at radius 3 is 2.63 bits per heavy atom. The van der Waals surface area contributed by atoms with Crippen molar-refractivity contribution in [1.29, 1.82) is 0 Å². The maximum absolute atomic E-state index is 13.0. The first-order chi connectivity index (χ1) is 17.1. The molecule has 1 heterocycles. The van der Waals surface area contributed by atoms with Gasteiger partial charge in [-0.05, 0) is 54.8 Å². The number of hydrogen-bond acceptors (Lipinski definition) is 6. The van der Waals surface area contributed by atoms with Crippen molar-refractivity contribution in [3.05, 3.63) is 65.7 Å². The number of Topliss-reactive ketones (excluding diaryl/α,β-unsaturated/α-hetero) is 1. The lowest BCUT2D eigenvalue weighted by molar-refractivity contribution is -0.135. The Morgan fingerprint density at radius 2 is 1.86 bits per heavy atom. The van der Waals surface area contributed by atoms with Crippen molar-refractivity contribution in [1.82, 2.24) is 16.0 Å². The number of ether oxygens (including phenoxy) is 1. The first kappa shape index (κ1) is 26.8. The molecule has 3 rings (SSSR count). The zero-order valence-corrected chi connectivity index (χ0v) is 20.9. The Kier molecular flexibility index (Phi) is 11.1. The van der Waals surface area contributed by atoms with Crippen LogP contribution in [0.5, 0.6) is 5.75 Å². The Morgan fingerprint density at radius 1 is 1.06 bits per heavy atom. The van der Waals surface area contributed by atoms with E-state index in [1.165, 1.54) is 0 Å². The molecule has 1 unspecified atom stereocenters. The number of carbonyl (C=O) groups is 3. The van der Waals surface area contributed by atoms with Gasteiger partial charge >= 0.3 is 0 Å². The predicted molar refractivity (Wildman–Crippen MR) is 139 cm³/mol. The average molecular weight is 498 g/mol. The summed E-state index contributed by atoms with van der Waals surface area (Å²) < 4.78 is 5.88. The molecule has 0 radical (unpaired) electrons. The maximum Gasteiger partial charge on any atom is 0.245 e. The van der Waals surface area contributed by atoms with Crippen LogP contribution in [-0.2, 0) is 27.5 Å². The highest BCUT2D eigenvalue weighted by Gasteiger charge is 2.31. The largest absolute Gasteiger partial charge is 0.489 e. The summed E-state index contributed by atoms with van der Waals surface area (Å²) in [5, 5.41) is 8.69. The Bertz CT molecular complexity index is 970. The van der Waals surface area contributed by atoms with Gasteiger partial charge in [0.1, 0.15) is 24.4 Å². The highest BCUT2D eigenvalue weighted by atomic mass is 32.1. The van der Waals surface area contributed by atoms with Crippen LogP contribution in [0, 0.1) is 0 Å². The van der Waals surface area contributed by atoms with Gasteiger partial charge in [-0.2, -0.15) is 12.6 Å². The third kappa shape index (κ3) is 9.03. The van der Waals surface area contributed by atoms with Crippen molar-refractivity contribution in [3.63, 3.8) is 0 Å². The van der Waals surface area contributed by atoms with Crippen LogP contribution in [0.3, 0.4) is 0 Å². The van der Waals surface area contributed by atoms with E-state index in [4.69, 9.17) is 4.74 Å². The van der Waals surface area contributed by atoms with Crippen LogP contribution in [-0.4, -0.2) is 42.0 Å². The van der Waals surface area contributed by atoms with E-state index in [9.17, 15) is 14.4 Å². The number of rotatable bonds is 13. The SMILES string of the molecule is O=C1CCCNC1C(=O)N[C@@H](CCCCCS)C(=O)NCc1cccc(OCc2ccccc2)c1. The van der Waals surface area contributed by atoms with Gasteiger partial charge < -0.3 is 15.4 Å². The number of unbranched alkanes of at least 4 members (excludes halogenated alkanes) is 2. The number of piperidine rings is 1. The van der Waals surface area contributed by atoms with Crippen LogP contribution in [0.2, 0.25) is 0 Å². The molecule has 188 valence electrons. The monoisotopic (exact) mass is 497 g/mol. The van der Waals surface area contributed by atoms with Crippen molar-refractivity contribution in [2.24, 2.45) is 0 Å². The van der Waals surface area contributed by atoms with E-state index in [1.54, 1.807) is 0 Å². The summed E-state index contributed by atoms with van der Waals surface area (Å²) in [6.07, 6.45) is 4.27. The van der Waals surface area contributed by atoms with Crippen molar-refractivity contribution in [2.45, 2.75) is 63.8 Å². The van der Waals surface area contributed by atoms with E-state index in [2.05, 4.69) is 28.6 Å². The van der Waals surface area contributed by atoms with Crippen LogP contribution < -0.4 is 20.7 Å². The van der Waals surface area contributed by atoms with Gasteiger partial charge in [-0.15, -0.1) is 0 Å². The van der Waals surface area contributed by atoms with Crippen molar-refractivity contribution in [3.8, 4) is 5.75 Å². The Balaban J connectivity index is 1.55. The molecule has 1 fully saturated rings. The number of carbonyl (C=O) groups excluding carboxylic acids is 3. The van der Waals surface area contributed by atoms with Gasteiger partial charge in [0.05, 0.1) is 0 Å². The highest BCUT2D eigenvalue weighted by Crippen LogP contribution is 2.15. The van der Waals surface area contributed by atoms with Gasteiger partial charge in [0.15, 0.2) is 5.78 Å². The number of amides is 2. The summed E-state index contributed by atoms with van der Waals surface area (Å²) in [7, 11) is 0. The molecule has 8 heteroatoms. The number of hydrogen-bond donors (Lipinski definition) is 4. The molecule has 2 aromatic rings. The standard InChI is InChI=1S/C27H35N3O4S/c31-24-14-8-15-28-25(24)27(33)30-23(13-5-2-6-16-35)26(32)29-18-21-11-7-12-22(17-21)34-19-20-9-3-1-4-10-20/h1,3-4,7,9-12,17,23,25,28,35H,2,5-6,8,13-16,18-19H2,(H,29,32)(H,30,33)/t23-,25?/m0/s1. The summed E-state index contributed by atoms with van der Waals surface area (Å²) in [4.78, 5) is 37.8. The van der Waals surface area contributed by atoms with Crippen LogP contribution in [0.25, 0.3) is 0 Å². The lowest BCUT2D eigenvalue weighted by Gasteiger charge is -2.25. The van der Waals surface area contributed by atoms with Gasteiger partial charge in [-0.1, -0.05) is 55.3 Å². The predicted octanol–water partition coefficient (Wildman–Crippen LogP) is 3.18. The number of ketones is 1. The number of benzene rings is 2. The minimum Gasteiger partial charge on any atom is -0.489 e. The lowest BCUT2D eigenvalue weighted by atomic mass is 10.0. The number of nitrogens with one attached hydrogen (secondary N) is 3. The molecule has 0 saturated carbocycles. The quantitative estimate of drug-likeness (QED) is 0.194. The second-order valence-electron chi connectivity index (χ2n) is 8.73. The van der Waals surface area contributed by atoms with Crippen molar-refractivity contribution >= 4 is 30.2 Å². The lowest BCUT2D eigenvalue weighted by Crippen LogP contribution is -2.56. The molecule has 1 saturated heterocycles. The molecule has 0 bridgehead atoms. The second-order valence-corrected chi connectivity index (χ2v) is 9.18. The molecule has 7 nitrogen and oxygen atoms in total. The van der Waals surface area contributed by atoms with E-state index in [1.807, 2.05) is 54.6 Å². The van der Waals surface area contributed by atoms with Gasteiger partial charge in [-0.25, -0.2) is 0 Å². The first-order valence-corrected chi connectivity index (χ1v) is 12.9.